The lowest BCUT2D eigenvalue weighted by molar-refractivity contribution is -0.121. The Kier molecular flexibility index (Phi) is 6.82. The minimum atomic E-state index is -0.180. The number of methoxy groups -OCH3 is 2. The molecule has 1 aromatic carbocycles. The van der Waals surface area contributed by atoms with Gasteiger partial charge in [-0.1, -0.05) is 12.1 Å². The summed E-state index contributed by atoms with van der Waals surface area (Å²) < 4.78 is 10.5. The van der Waals surface area contributed by atoms with E-state index in [9.17, 15) is 9.59 Å². The minimum Gasteiger partial charge on any atom is -0.493 e. The number of ether oxygens (including phenoxy) is 2. The predicted octanol–water partition coefficient (Wildman–Crippen LogP) is 2.76. The first-order chi connectivity index (χ1) is 12.0. The molecule has 1 aromatic heterocycles. The molecule has 0 spiro atoms. The summed E-state index contributed by atoms with van der Waals surface area (Å²) in [5.74, 6) is 0.967. The van der Waals surface area contributed by atoms with Crippen molar-refractivity contribution in [1.82, 2.24) is 10.6 Å². The quantitative estimate of drug-likeness (QED) is 0.757. The van der Waals surface area contributed by atoms with Crippen molar-refractivity contribution in [1.29, 1.82) is 0 Å². The Balaban J connectivity index is 1.82. The third kappa shape index (κ3) is 5.22. The number of rotatable bonds is 8. The maximum Gasteiger partial charge on any atom is 0.261 e. The Bertz CT molecular complexity index is 716. The van der Waals surface area contributed by atoms with Gasteiger partial charge in [-0.05, 0) is 36.1 Å². The molecule has 134 valence electrons. The molecule has 0 aliphatic heterocycles. The molecule has 2 amide bonds. The molecule has 1 atom stereocenters. The zero-order chi connectivity index (χ0) is 18.2. The number of hydrogen-bond donors (Lipinski definition) is 2. The Morgan fingerprint density at radius 3 is 2.56 bits per heavy atom. The summed E-state index contributed by atoms with van der Waals surface area (Å²) in [6, 6.07) is 8.90. The van der Waals surface area contributed by atoms with Gasteiger partial charge in [0.05, 0.1) is 25.1 Å². The monoisotopic (exact) mass is 362 g/mol. The molecule has 1 heterocycles. The fraction of sp³-hybridized carbons (Fsp3) is 0.333. The van der Waals surface area contributed by atoms with Crippen molar-refractivity contribution in [3.8, 4) is 11.5 Å². The lowest BCUT2D eigenvalue weighted by atomic mass is 10.1. The van der Waals surface area contributed by atoms with Crippen molar-refractivity contribution in [3.63, 3.8) is 0 Å². The molecular formula is C18H22N2O4S. The van der Waals surface area contributed by atoms with Gasteiger partial charge in [-0.15, -0.1) is 11.3 Å². The van der Waals surface area contributed by atoms with Crippen LogP contribution in [0.3, 0.4) is 0 Å². The summed E-state index contributed by atoms with van der Waals surface area (Å²) in [5, 5.41) is 7.49. The van der Waals surface area contributed by atoms with E-state index in [0.717, 1.165) is 5.56 Å². The normalized spacial score (nSPS) is 11.5. The number of carbonyl (C=O) groups excluding carboxylic acids is 2. The molecule has 0 aliphatic carbocycles. The fourth-order valence-corrected chi connectivity index (χ4v) is 2.94. The van der Waals surface area contributed by atoms with Crippen LogP contribution in [0.5, 0.6) is 11.5 Å². The topological polar surface area (TPSA) is 76.7 Å². The van der Waals surface area contributed by atoms with Crippen molar-refractivity contribution in [2.75, 3.05) is 20.8 Å². The van der Waals surface area contributed by atoms with Gasteiger partial charge >= 0.3 is 0 Å². The van der Waals surface area contributed by atoms with Crippen LogP contribution in [-0.2, 0) is 4.79 Å². The number of carbonyl (C=O) groups is 2. The Morgan fingerprint density at radius 1 is 1.16 bits per heavy atom. The van der Waals surface area contributed by atoms with Gasteiger partial charge in [-0.2, -0.15) is 0 Å². The average Bonchev–Trinajstić information content (AvgIpc) is 3.15. The van der Waals surface area contributed by atoms with E-state index in [0.29, 0.717) is 22.9 Å². The van der Waals surface area contributed by atoms with Gasteiger partial charge in [-0.3, -0.25) is 9.59 Å². The summed E-state index contributed by atoms with van der Waals surface area (Å²) in [7, 11) is 3.15. The first-order valence-electron chi connectivity index (χ1n) is 7.88. The van der Waals surface area contributed by atoms with E-state index < -0.39 is 0 Å². The Hall–Kier alpha value is -2.54. The number of nitrogens with one attached hydrogen (secondary N) is 2. The standard InChI is InChI=1S/C18H22N2O4S/c1-12(13-6-7-14(23-2)15(11-13)24-3)20-17(21)8-9-19-18(22)16-5-4-10-25-16/h4-7,10-12H,8-9H2,1-3H3,(H,19,22)(H,20,21). The van der Waals surface area contributed by atoms with E-state index in [1.807, 2.05) is 30.5 Å². The van der Waals surface area contributed by atoms with Gasteiger partial charge in [0.1, 0.15) is 0 Å². The summed E-state index contributed by atoms with van der Waals surface area (Å²) in [6.07, 6.45) is 0.217. The first-order valence-corrected chi connectivity index (χ1v) is 8.76. The van der Waals surface area contributed by atoms with E-state index in [4.69, 9.17) is 9.47 Å². The average molecular weight is 362 g/mol. The van der Waals surface area contributed by atoms with Crippen molar-refractivity contribution in [2.45, 2.75) is 19.4 Å². The zero-order valence-corrected chi connectivity index (χ0v) is 15.3. The predicted molar refractivity (Wildman–Crippen MR) is 97.4 cm³/mol. The number of benzene rings is 1. The largest absolute Gasteiger partial charge is 0.493 e. The molecule has 6 nitrogen and oxygen atoms in total. The Labute approximate surface area is 151 Å². The molecule has 1 unspecified atom stereocenters. The van der Waals surface area contributed by atoms with E-state index in [-0.39, 0.29) is 24.3 Å². The number of amides is 2. The third-order valence-electron chi connectivity index (χ3n) is 3.67. The van der Waals surface area contributed by atoms with E-state index in [1.54, 1.807) is 26.4 Å². The second-order valence-corrected chi connectivity index (χ2v) is 6.33. The van der Waals surface area contributed by atoms with Crippen LogP contribution in [0.1, 0.15) is 34.6 Å². The highest BCUT2D eigenvalue weighted by molar-refractivity contribution is 7.12. The van der Waals surface area contributed by atoms with Gasteiger partial charge in [0.2, 0.25) is 5.91 Å². The van der Waals surface area contributed by atoms with Gasteiger partial charge in [-0.25, -0.2) is 0 Å². The lowest BCUT2D eigenvalue weighted by Gasteiger charge is -2.16. The molecule has 0 radical (unpaired) electrons. The van der Waals surface area contributed by atoms with Crippen LogP contribution in [0.2, 0.25) is 0 Å². The molecular weight excluding hydrogens is 340 g/mol. The lowest BCUT2D eigenvalue weighted by Crippen LogP contribution is -2.31. The molecule has 0 aliphatic rings. The first kappa shape index (κ1) is 18.8. The van der Waals surface area contributed by atoms with Gasteiger partial charge in [0.15, 0.2) is 11.5 Å². The maximum atomic E-state index is 12.1. The molecule has 2 rings (SSSR count). The number of thiophene rings is 1. The highest BCUT2D eigenvalue weighted by Crippen LogP contribution is 2.29. The van der Waals surface area contributed by atoms with E-state index >= 15 is 0 Å². The van der Waals surface area contributed by atoms with E-state index in [2.05, 4.69) is 10.6 Å². The fourth-order valence-electron chi connectivity index (χ4n) is 2.30. The van der Waals surface area contributed by atoms with Crippen molar-refractivity contribution >= 4 is 23.2 Å². The second-order valence-electron chi connectivity index (χ2n) is 5.39. The van der Waals surface area contributed by atoms with Crippen LogP contribution in [-0.4, -0.2) is 32.6 Å². The molecule has 25 heavy (non-hydrogen) atoms. The molecule has 0 saturated carbocycles. The molecule has 0 fully saturated rings. The van der Waals surface area contributed by atoms with Crippen LogP contribution in [0.15, 0.2) is 35.7 Å². The molecule has 0 saturated heterocycles. The third-order valence-corrected chi connectivity index (χ3v) is 4.54. The van der Waals surface area contributed by atoms with Crippen molar-refractivity contribution < 1.29 is 19.1 Å². The summed E-state index contributed by atoms with van der Waals surface area (Å²) in [6.45, 7) is 2.19. The van der Waals surface area contributed by atoms with E-state index in [1.165, 1.54) is 11.3 Å². The highest BCUT2D eigenvalue weighted by Gasteiger charge is 2.13. The van der Waals surface area contributed by atoms with Crippen LogP contribution in [0.25, 0.3) is 0 Å². The summed E-state index contributed by atoms with van der Waals surface area (Å²) >= 11 is 1.37. The van der Waals surface area contributed by atoms with Crippen molar-refractivity contribution in [3.05, 3.63) is 46.2 Å². The molecule has 7 heteroatoms. The van der Waals surface area contributed by atoms with Crippen LogP contribution < -0.4 is 20.1 Å². The minimum absolute atomic E-state index is 0.131. The van der Waals surface area contributed by atoms with Gasteiger partial charge < -0.3 is 20.1 Å². The molecule has 2 N–H and O–H groups in total. The number of hydrogen-bond acceptors (Lipinski definition) is 5. The van der Waals surface area contributed by atoms with Gasteiger partial charge in [0.25, 0.3) is 5.91 Å². The second kappa shape index (κ2) is 9.08. The van der Waals surface area contributed by atoms with Gasteiger partial charge in [0, 0.05) is 13.0 Å². The summed E-state index contributed by atoms with van der Waals surface area (Å²) in [5.41, 5.74) is 0.911. The Morgan fingerprint density at radius 2 is 1.92 bits per heavy atom. The zero-order valence-electron chi connectivity index (χ0n) is 14.5. The molecule has 0 bridgehead atoms. The maximum absolute atomic E-state index is 12.1. The van der Waals surface area contributed by atoms with Crippen LogP contribution >= 0.6 is 11.3 Å². The van der Waals surface area contributed by atoms with Crippen LogP contribution in [0, 0.1) is 0 Å². The van der Waals surface area contributed by atoms with Crippen molar-refractivity contribution in [2.24, 2.45) is 0 Å². The SMILES string of the molecule is COc1ccc(C(C)NC(=O)CCNC(=O)c2cccs2)cc1OC. The highest BCUT2D eigenvalue weighted by atomic mass is 32.1. The van der Waals surface area contributed by atoms with Crippen LogP contribution in [0.4, 0.5) is 0 Å². The smallest absolute Gasteiger partial charge is 0.261 e. The molecule has 2 aromatic rings. The summed E-state index contributed by atoms with van der Waals surface area (Å²) in [4.78, 5) is 24.5.